The Bertz CT molecular complexity index is 377. The summed E-state index contributed by atoms with van der Waals surface area (Å²) >= 11 is 0. The van der Waals surface area contributed by atoms with E-state index in [0.717, 1.165) is 38.2 Å². The fourth-order valence-corrected chi connectivity index (χ4v) is 2.27. The standard InChI is InChI=1S/C13H20N2O4/c1-2-5-10-6-3-4-9-15(10)13(19)14-11(16)7-8-12(17)18/h7-8,10H,2-6,9H2,1H3,(H,17,18)(H,14,16,19)/b8-7+. The van der Waals surface area contributed by atoms with Gasteiger partial charge in [0.05, 0.1) is 0 Å². The second kappa shape index (κ2) is 7.56. The van der Waals surface area contributed by atoms with Crippen molar-refractivity contribution in [2.24, 2.45) is 0 Å². The number of nitrogens with one attached hydrogen (secondary N) is 1. The topological polar surface area (TPSA) is 86.7 Å². The molecule has 0 aliphatic carbocycles. The van der Waals surface area contributed by atoms with E-state index in [9.17, 15) is 14.4 Å². The summed E-state index contributed by atoms with van der Waals surface area (Å²) in [4.78, 5) is 35.3. The Balaban J connectivity index is 2.55. The number of rotatable bonds is 4. The van der Waals surface area contributed by atoms with Crippen LogP contribution in [0.3, 0.4) is 0 Å². The number of hydrogen-bond donors (Lipinski definition) is 2. The average molecular weight is 268 g/mol. The van der Waals surface area contributed by atoms with Crippen LogP contribution in [-0.4, -0.2) is 40.5 Å². The van der Waals surface area contributed by atoms with E-state index in [1.807, 2.05) is 0 Å². The van der Waals surface area contributed by atoms with Crippen LogP contribution in [0.15, 0.2) is 12.2 Å². The van der Waals surface area contributed by atoms with E-state index in [0.29, 0.717) is 12.6 Å². The van der Waals surface area contributed by atoms with Gasteiger partial charge in [0.25, 0.3) is 5.91 Å². The molecule has 0 spiro atoms. The van der Waals surface area contributed by atoms with Gasteiger partial charge in [0.2, 0.25) is 0 Å². The number of piperidine rings is 1. The maximum Gasteiger partial charge on any atom is 0.328 e. The number of carbonyl (C=O) groups is 3. The molecule has 6 heteroatoms. The van der Waals surface area contributed by atoms with Crippen molar-refractivity contribution in [2.45, 2.75) is 45.1 Å². The molecule has 1 rings (SSSR count). The van der Waals surface area contributed by atoms with E-state index in [4.69, 9.17) is 5.11 Å². The quantitative estimate of drug-likeness (QED) is 0.757. The first kappa shape index (κ1) is 15.2. The van der Waals surface area contributed by atoms with Gasteiger partial charge in [-0.1, -0.05) is 13.3 Å². The SMILES string of the molecule is CCCC1CCCCN1C(=O)NC(=O)/C=C/C(=O)O. The zero-order chi connectivity index (χ0) is 14.3. The molecule has 0 aromatic heterocycles. The van der Waals surface area contributed by atoms with E-state index in [1.54, 1.807) is 4.90 Å². The highest BCUT2D eigenvalue weighted by Crippen LogP contribution is 2.20. The highest BCUT2D eigenvalue weighted by atomic mass is 16.4. The minimum atomic E-state index is -1.22. The number of imide groups is 1. The predicted molar refractivity (Wildman–Crippen MR) is 69.6 cm³/mol. The summed E-state index contributed by atoms with van der Waals surface area (Å²) in [5.41, 5.74) is 0. The molecule has 1 atom stereocenters. The van der Waals surface area contributed by atoms with Gasteiger partial charge < -0.3 is 10.0 Å². The summed E-state index contributed by atoms with van der Waals surface area (Å²) < 4.78 is 0. The molecular formula is C13H20N2O4. The Morgan fingerprint density at radius 2 is 2.05 bits per heavy atom. The smallest absolute Gasteiger partial charge is 0.328 e. The Labute approximate surface area is 112 Å². The minimum Gasteiger partial charge on any atom is -0.478 e. The van der Waals surface area contributed by atoms with Gasteiger partial charge in [0, 0.05) is 24.7 Å². The van der Waals surface area contributed by atoms with E-state index < -0.39 is 17.9 Å². The first-order valence-corrected chi connectivity index (χ1v) is 6.57. The third-order valence-electron chi connectivity index (χ3n) is 3.12. The van der Waals surface area contributed by atoms with Crippen molar-refractivity contribution < 1.29 is 19.5 Å². The number of carboxylic acid groups (broad SMARTS) is 1. The van der Waals surface area contributed by atoms with Crippen molar-refractivity contribution >= 4 is 17.9 Å². The summed E-state index contributed by atoms with van der Waals surface area (Å²) in [5, 5.41) is 10.6. The van der Waals surface area contributed by atoms with E-state index >= 15 is 0 Å². The average Bonchev–Trinajstić information content (AvgIpc) is 2.37. The molecule has 6 nitrogen and oxygen atoms in total. The van der Waals surface area contributed by atoms with E-state index in [2.05, 4.69) is 12.2 Å². The first-order valence-electron chi connectivity index (χ1n) is 6.57. The normalized spacial score (nSPS) is 19.4. The van der Waals surface area contributed by atoms with Crippen LogP contribution in [0.1, 0.15) is 39.0 Å². The number of nitrogens with zero attached hydrogens (tertiary/aromatic N) is 1. The van der Waals surface area contributed by atoms with Crippen molar-refractivity contribution in [1.29, 1.82) is 0 Å². The van der Waals surface area contributed by atoms with Crippen LogP contribution in [0, 0.1) is 0 Å². The Morgan fingerprint density at radius 1 is 1.32 bits per heavy atom. The largest absolute Gasteiger partial charge is 0.478 e. The van der Waals surface area contributed by atoms with Crippen LogP contribution >= 0.6 is 0 Å². The van der Waals surface area contributed by atoms with Crippen LogP contribution in [0.25, 0.3) is 0 Å². The van der Waals surface area contributed by atoms with Gasteiger partial charge in [-0.2, -0.15) is 0 Å². The van der Waals surface area contributed by atoms with Crippen molar-refractivity contribution in [3.05, 3.63) is 12.2 Å². The second-order valence-corrected chi connectivity index (χ2v) is 4.60. The fraction of sp³-hybridized carbons (Fsp3) is 0.615. The maximum absolute atomic E-state index is 12.0. The number of hydrogen-bond acceptors (Lipinski definition) is 3. The molecule has 106 valence electrons. The summed E-state index contributed by atoms with van der Waals surface area (Å²) in [6.45, 7) is 2.71. The molecular weight excluding hydrogens is 248 g/mol. The number of aliphatic carboxylic acids is 1. The number of carboxylic acids is 1. The van der Waals surface area contributed by atoms with E-state index in [1.165, 1.54) is 0 Å². The molecule has 0 saturated carbocycles. The molecule has 1 saturated heterocycles. The number of amides is 3. The maximum atomic E-state index is 12.0. The molecule has 0 aromatic carbocycles. The second-order valence-electron chi connectivity index (χ2n) is 4.60. The zero-order valence-electron chi connectivity index (χ0n) is 11.1. The van der Waals surface area contributed by atoms with Crippen molar-refractivity contribution in [2.75, 3.05) is 6.54 Å². The summed E-state index contributed by atoms with van der Waals surface area (Å²) in [7, 11) is 0. The molecule has 1 fully saturated rings. The third-order valence-corrected chi connectivity index (χ3v) is 3.12. The van der Waals surface area contributed by atoms with Crippen molar-refractivity contribution in [1.82, 2.24) is 10.2 Å². The van der Waals surface area contributed by atoms with Crippen molar-refractivity contribution in [3.8, 4) is 0 Å². The van der Waals surface area contributed by atoms with E-state index in [-0.39, 0.29) is 6.04 Å². The van der Waals surface area contributed by atoms with Crippen molar-refractivity contribution in [3.63, 3.8) is 0 Å². The van der Waals surface area contributed by atoms with Crippen LogP contribution in [-0.2, 0) is 9.59 Å². The molecule has 0 radical (unpaired) electrons. The first-order chi connectivity index (χ1) is 9.04. The molecule has 1 aliphatic heterocycles. The predicted octanol–water partition coefficient (Wildman–Crippen LogP) is 1.52. The Hall–Kier alpha value is -1.85. The molecule has 1 aliphatic rings. The lowest BCUT2D eigenvalue weighted by Gasteiger charge is -2.35. The molecule has 3 amide bonds. The van der Waals surface area contributed by atoms with Gasteiger partial charge in [-0.05, 0) is 25.7 Å². The van der Waals surface area contributed by atoms with Gasteiger partial charge in [-0.25, -0.2) is 9.59 Å². The van der Waals surface area contributed by atoms with Crippen LogP contribution in [0.5, 0.6) is 0 Å². The lowest BCUT2D eigenvalue weighted by Crippen LogP contribution is -2.49. The van der Waals surface area contributed by atoms with Gasteiger partial charge in [-0.15, -0.1) is 0 Å². The summed E-state index contributed by atoms with van der Waals surface area (Å²) in [6.07, 6.45) is 6.46. The monoisotopic (exact) mass is 268 g/mol. The molecule has 0 bridgehead atoms. The lowest BCUT2D eigenvalue weighted by atomic mass is 9.99. The highest BCUT2D eigenvalue weighted by Gasteiger charge is 2.26. The Morgan fingerprint density at radius 3 is 2.68 bits per heavy atom. The van der Waals surface area contributed by atoms with Crippen LogP contribution in [0.4, 0.5) is 4.79 Å². The fourth-order valence-electron chi connectivity index (χ4n) is 2.27. The van der Waals surface area contributed by atoms with Gasteiger partial charge >= 0.3 is 12.0 Å². The molecule has 1 unspecified atom stereocenters. The summed E-state index contributed by atoms with van der Waals surface area (Å²) in [5.74, 6) is -1.92. The Kier molecular flexibility index (Phi) is 6.05. The minimum absolute atomic E-state index is 0.176. The molecule has 1 heterocycles. The molecule has 19 heavy (non-hydrogen) atoms. The third kappa shape index (κ3) is 5.11. The number of carbonyl (C=O) groups excluding carboxylic acids is 2. The number of likely N-dealkylation sites (tertiary alicyclic amines) is 1. The van der Waals surface area contributed by atoms with Crippen LogP contribution in [0.2, 0.25) is 0 Å². The lowest BCUT2D eigenvalue weighted by molar-refractivity contribution is -0.131. The summed E-state index contributed by atoms with van der Waals surface area (Å²) in [6, 6.07) is -0.256. The van der Waals surface area contributed by atoms with Gasteiger partial charge in [0.1, 0.15) is 0 Å². The van der Waals surface area contributed by atoms with Gasteiger partial charge in [0.15, 0.2) is 0 Å². The van der Waals surface area contributed by atoms with Crippen LogP contribution < -0.4 is 5.32 Å². The molecule has 2 N–H and O–H groups in total. The number of urea groups is 1. The van der Waals surface area contributed by atoms with Gasteiger partial charge in [-0.3, -0.25) is 10.1 Å². The zero-order valence-corrected chi connectivity index (χ0v) is 11.1. The highest BCUT2D eigenvalue weighted by molar-refractivity contribution is 6.02. The molecule has 0 aromatic rings.